The van der Waals surface area contributed by atoms with Gasteiger partial charge in [-0.1, -0.05) is 42.8 Å². The van der Waals surface area contributed by atoms with Gasteiger partial charge < -0.3 is 9.47 Å². The summed E-state index contributed by atoms with van der Waals surface area (Å²) >= 11 is 12.9. The van der Waals surface area contributed by atoms with Crippen LogP contribution < -0.4 is 9.47 Å². The Balaban J connectivity index is 2.42. The van der Waals surface area contributed by atoms with Crippen LogP contribution in [0, 0.1) is 0 Å². The number of halogens is 2. The number of rotatable bonds is 5. The smallest absolute Gasteiger partial charge is 0.146 e. The first-order valence-corrected chi connectivity index (χ1v) is 7.57. The lowest BCUT2D eigenvalue weighted by Crippen LogP contribution is -2.00. The molecule has 0 bridgehead atoms. The molecule has 0 spiro atoms. The molecule has 1 unspecified atom stereocenters. The highest BCUT2D eigenvalue weighted by molar-refractivity contribution is 6.34. The normalized spacial score (nSPS) is 12.0. The van der Waals surface area contributed by atoms with Gasteiger partial charge in [-0.2, -0.15) is 0 Å². The molecule has 2 aromatic carbocycles. The minimum atomic E-state index is -0.325. The zero-order valence-electron chi connectivity index (χ0n) is 12.3. The van der Waals surface area contributed by atoms with Gasteiger partial charge in [0.25, 0.3) is 0 Å². The Hall–Kier alpha value is -1.38. The Morgan fingerprint density at radius 1 is 1.00 bits per heavy atom. The van der Waals surface area contributed by atoms with Gasteiger partial charge in [0, 0.05) is 5.56 Å². The lowest BCUT2D eigenvalue weighted by molar-refractivity contribution is 0.392. The van der Waals surface area contributed by atoms with Crippen LogP contribution >= 0.6 is 23.2 Å². The first-order chi connectivity index (χ1) is 10.1. The van der Waals surface area contributed by atoms with Crippen molar-refractivity contribution in [3.8, 4) is 11.5 Å². The Labute approximate surface area is 135 Å². The van der Waals surface area contributed by atoms with Gasteiger partial charge in [-0.3, -0.25) is 0 Å². The maximum Gasteiger partial charge on any atom is 0.146 e. The molecular weight excluding hydrogens is 307 g/mol. The molecule has 1 atom stereocenters. The van der Waals surface area contributed by atoms with Crippen LogP contribution in [0.1, 0.15) is 29.0 Å². The summed E-state index contributed by atoms with van der Waals surface area (Å²) < 4.78 is 10.6. The monoisotopic (exact) mass is 324 g/mol. The lowest BCUT2D eigenvalue weighted by atomic mass is 10.0. The number of methoxy groups -OCH3 is 2. The van der Waals surface area contributed by atoms with Crippen LogP contribution in [0.4, 0.5) is 0 Å². The van der Waals surface area contributed by atoms with Crippen molar-refractivity contribution in [1.29, 1.82) is 0 Å². The summed E-state index contributed by atoms with van der Waals surface area (Å²) in [6.07, 6.45) is 1.00. The van der Waals surface area contributed by atoms with E-state index in [9.17, 15) is 0 Å². The highest BCUT2D eigenvalue weighted by Crippen LogP contribution is 2.43. The van der Waals surface area contributed by atoms with Gasteiger partial charge in [0.1, 0.15) is 16.5 Å². The fraction of sp³-hybridized carbons (Fsp3) is 0.294. The predicted molar refractivity (Wildman–Crippen MR) is 88.1 cm³/mol. The van der Waals surface area contributed by atoms with Crippen molar-refractivity contribution in [1.82, 2.24) is 0 Å². The van der Waals surface area contributed by atoms with E-state index in [2.05, 4.69) is 19.1 Å². The average molecular weight is 325 g/mol. The zero-order valence-corrected chi connectivity index (χ0v) is 13.8. The van der Waals surface area contributed by atoms with E-state index in [1.807, 2.05) is 18.2 Å². The van der Waals surface area contributed by atoms with Crippen LogP contribution in [0.2, 0.25) is 5.02 Å². The molecule has 0 heterocycles. The summed E-state index contributed by atoms with van der Waals surface area (Å²) in [7, 11) is 3.15. The van der Waals surface area contributed by atoms with E-state index < -0.39 is 0 Å². The Kier molecular flexibility index (Phi) is 5.38. The fourth-order valence-corrected chi connectivity index (χ4v) is 2.86. The predicted octanol–water partition coefficient (Wildman–Crippen LogP) is 5.25. The molecule has 0 saturated heterocycles. The number of benzene rings is 2. The quantitative estimate of drug-likeness (QED) is 0.699. The van der Waals surface area contributed by atoms with Crippen LogP contribution in [-0.4, -0.2) is 14.2 Å². The molecule has 0 aliphatic rings. The Bertz CT molecular complexity index is 609. The van der Waals surface area contributed by atoms with Crippen LogP contribution in [0.15, 0.2) is 36.4 Å². The SMILES string of the molecule is CCc1ccc(C(Cl)c2ccc(OC)c(Cl)c2OC)cc1. The molecule has 0 fully saturated rings. The second kappa shape index (κ2) is 7.06. The molecule has 2 aromatic rings. The van der Waals surface area contributed by atoms with Crippen molar-refractivity contribution in [2.45, 2.75) is 18.7 Å². The topological polar surface area (TPSA) is 18.5 Å². The highest BCUT2D eigenvalue weighted by Gasteiger charge is 2.20. The number of ether oxygens (including phenoxy) is 2. The van der Waals surface area contributed by atoms with Crippen molar-refractivity contribution in [2.24, 2.45) is 0 Å². The third-order valence-electron chi connectivity index (χ3n) is 3.47. The molecule has 0 saturated carbocycles. The molecule has 0 aliphatic heterocycles. The number of hydrogen-bond acceptors (Lipinski definition) is 2. The molecule has 0 aliphatic carbocycles. The Morgan fingerprint density at radius 2 is 1.67 bits per heavy atom. The van der Waals surface area contributed by atoms with E-state index in [0.29, 0.717) is 16.5 Å². The van der Waals surface area contributed by atoms with Crippen LogP contribution in [0.5, 0.6) is 11.5 Å². The first kappa shape index (κ1) is 16.0. The maximum absolute atomic E-state index is 6.60. The molecule has 21 heavy (non-hydrogen) atoms. The van der Waals surface area contributed by atoms with E-state index >= 15 is 0 Å². The van der Waals surface area contributed by atoms with Gasteiger partial charge in [-0.05, 0) is 29.7 Å². The summed E-state index contributed by atoms with van der Waals surface area (Å²) in [6.45, 7) is 2.12. The van der Waals surface area contributed by atoms with Crippen molar-refractivity contribution in [2.75, 3.05) is 14.2 Å². The van der Waals surface area contributed by atoms with Gasteiger partial charge in [0.2, 0.25) is 0 Å². The molecule has 4 heteroatoms. The van der Waals surface area contributed by atoms with Gasteiger partial charge >= 0.3 is 0 Å². The van der Waals surface area contributed by atoms with E-state index in [1.54, 1.807) is 20.3 Å². The summed E-state index contributed by atoms with van der Waals surface area (Å²) in [6, 6.07) is 11.9. The summed E-state index contributed by atoms with van der Waals surface area (Å²) in [4.78, 5) is 0. The first-order valence-electron chi connectivity index (χ1n) is 6.75. The number of alkyl halides is 1. The maximum atomic E-state index is 6.60. The minimum Gasteiger partial charge on any atom is -0.495 e. The molecule has 0 radical (unpaired) electrons. The van der Waals surface area contributed by atoms with Crippen molar-refractivity contribution in [3.63, 3.8) is 0 Å². The summed E-state index contributed by atoms with van der Waals surface area (Å²) in [5.41, 5.74) is 3.12. The average Bonchev–Trinajstić information content (AvgIpc) is 2.54. The lowest BCUT2D eigenvalue weighted by Gasteiger charge is -2.17. The highest BCUT2D eigenvalue weighted by atomic mass is 35.5. The van der Waals surface area contributed by atoms with Crippen LogP contribution in [0.3, 0.4) is 0 Å². The molecule has 2 nitrogen and oxygen atoms in total. The summed E-state index contributed by atoms with van der Waals surface area (Å²) in [5.74, 6) is 1.12. The molecule has 0 N–H and O–H groups in total. The minimum absolute atomic E-state index is 0.325. The molecule has 0 amide bonds. The second-order valence-electron chi connectivity index (χ2n) is 4.66. The molecular formula is C17H18Cl2O2. The van der Waals surface area contributed by atoms with Gasteiger partial charge in [0.15, 0.2) is 0 Å². The van der Waals surface area contributed by atoms with E-state index in [1.165, 1.54) is 5.56 Å². The van der Waals surface area contributed by atoms with Crippen LogP contribution in [0.25, 0.3) is 0 Å². The van der Waals surface area contributed by atoms with E-state index in [4.69, 9.17) is 32.7 Å². The van der Waals surface area contributed by atoms with Crippen molar-refractivity contribution in [3.05, 3.63) is 58.1 Å². The standard InChI is InChI=1S/C17H18Cl2O2/c1-4-11-5-7-12(8-6-11)15(18)13-9-10-14(20-2)16(19)17(13)21-3/h5-10,15H,4H2,1-3H3. The third-order valence-corrected chi connectivity index (χ3v) is 4.31. The van der Waals surface area contributed by atoms with E-state index in [-0.39, 0.29) is 5.38 Å². The molecule has 112 valence electrons. The molecule has 2 rings (SSSR count). The Morgan fingerprint density at radius 3 is 2.19 bits per heavy atom. The molecule has 0 aromatic heterocycles. The largest absolute Gasteiger partial charge is 0.495 e. The van der Waals surface area contributed by atoms with Gasteiger partial charge in [0.05, 0.1) is 19.6 Å². The fourth-order valence-electron chi connectivity index (χ4n) is 2.22. The van der Waals surface area contributed by atoms with E-state index in [0.717, 1.165) is 17.5 Å². The number of aryl methyl sites for hydroxylation is 1. The zero-order chi connectivity index (χ0) is 15.4. The summed E-state index contributed by atoms with van der Waals surface area (Å²) in [5, 5.41) is 0.114. The van der Waals surface area contributed by atoms with Crippen molar-refractivity contribution >= 4 is 23.2 Å². The van der Waals surface area contributed by atoms with Gasteiger partial charge in [-0.15, -0.1) is 11.6 Å². The van der Waals surface area contributed by atoms with Crippen molar-refractivity contribution < 1.29 is 9.47 Å². The third kappa shape index (κ3) is 3.28. The second-order valence-corrected chi connectivity index (χ2v) is 5.48. The van der Waals surface area contributed by atoms with Crippen LogP contribution in [-0.2, 0) is 6.42 Å². The number of hydrogen-bond donors (Lipinski definition) is 0. The van der Waals surface area contributed by atoms with Gasteiger partial charge in [-0.25, -0.2) is 0 Å².